The summed E-state index contributed by atoms with van der Waals surface area (Å²) >= 11 is 0. The molecule has 2 atom stereocenters. The normalized spacial score (nSPS) is 24.5. The van der Waals surface area contributed by atoms with Crippen molar-refractivity contribution in [3.05, 3.63) is 35.4 Å². The maximum atomic E-state index is 12.6. The number of hydrogen-bond acceptors (Lipinski definition) is 1. The molecule has 0 saturated heterocycles. The molecule has 1 aromatic rings. The summed E-state index contributed by atoms with van der Waals surface area (Å²) < 4.78 is 37.7. The molecule has 0 heterocycles. The molecule has 3 N–H and O–H groups in total. The lowest BCUT2D eigenvalue weighted by Crippen LogP contribution is -2.08. The van der Waals surface area contributed by atoms with E-state index in [0.717, 1.165) is 6.42 Å². The molecule has 1 saturated carbocycles. The Morgan fingerprint density at radius 2 is 1.73 bits per heavy atom. The van der Waals surface area contributed by atoms with E-state index in [2.05, 4.69) is 0 Å². The van der Waals surface area contributed by atoms with Crippen molar-refractivity contribution in [2.24, 2.45) is 5.92 Å². The lowest BCUT2D eigenvalue weighted by atomic mass is 10.0. The lowest BCUT2D eigenvalue weighted by Gasteiger charge is -2.11. The highest BCUT2D eigenvalue weighted by atomic mass is 19.4. The Morgan fingerprint density at radius 3 is 2.20 bits per heavy atom. The summed E-state index contributed by atoms with van der Waals surface area (Å²) in [5.74, 6) is 0.520. The summed E-state index contributed by atoms with van der Waals surface area (Å²) in [6.45, 7) is 1.98. The van der Waals surface area contributed by atoms with Crippen LogP contribution in [0.3, 0.4) is 0 Å². The van der Waals surface area contributed by atoms with Gasteiger partial charge in [-0.3, -0.25) is 0 Å². The molecule has 1 aliphatic carbocycles. The van der Waals surface area contributed by atoms with Crippen molar-refractivity contribution in [2.75, 3.05) is 0 Å². The van der Waals surface area contributed by atoms with Crippen molar-refractivity contribution in [3.63, 3.8) is 0 Å². The minimum atomic E-state index is -4.21. The third-order valence-corrected chi connectivity index (χ3v) is 2.78. The lowest BCUT2D eigenvalue weighted by molar-refractivity contribution is -0.138. The fraction of sp³-hybridized carbons (Fsp3) is 0.455. The number of benzene rings is 1. The number of alkyl halides is 3. The van der Waals surface area contributed by atoms with Gasteiger partial charge >= 0.3 is 6.18 Å². The molecule has 4 heteroatoms. The largest absolute Gasteiger partial charge is 0.416 e. The molecule has 0 radical (unpaired) electrons. The number of halogens is 3. The molecule has 0 aromatic heterocycles. The highest BCUT2D eigenvalue weighted by Crippen LogP contribution is 2.50. The molecule has 15 heavy (non-hydrogen) atoms. The molecule has 2 rings (SSSR count). The van der Waals surface area contributed by atoms with Gasteiger partial charge in [0.05, 0.1) is 5.56 Å². The van der Waals surface area contributed by atoms with E-state index in [1.54, 1.807) is 12.1 Å². The zero-order valence-corrected chi connectivity index (χ0v) is 8.51. The van der Waals surface area contributed by atoms with E-state index >= 15 is 0 Å². The fourth-order valence-electron chi connectivity index (χ4n) is 1.83. The predicted octanol–water partition coefficient (Wildman–Crippen LogP) is 3.99. The van der Waals surface area contributed by atoms with Gasteiger partial charge in [-0.25, -0.2) is 0 Å². The Hall–Kier alpha value is -1.03. The fourth-order valence-corrected chi connectivity index (χ4v) is 1.83. The van der Waals surface area contributed by atoms with Crippen molar-refractivity contribution in [1.82, 2.24) is 6.15 Å². The van der Waals surface area contributed by atoms with E-state index in [1.165, 1.54) is 12.1 Å². The Labute approximate surface area is 86.9 Å². The van der Waals surface area contributed by atoms with Crippen LogP contribution in [0.25, 0.3) is 0 Å². The molecule has 1 aliphatic rings. The molecular formula is C11H14F3N. The predicted molar refractivity (Wildman–Crippen MR) is 53.0 cm³/mol. The zero-order valence-electron chi connectivity index (χ0n) is 8.51. The van der Waals surface area contributed by atoms with Crippen LogP contribution in [0.1, 0.15) is 30.4 Å². The molecule has 0 spiro atoms. The second-order valence-electron chi connectivity index (χ2n) is 3.90. The van der Waals surface area contributed by atoms with Crippen LogP contribution in [0.5, 0.6) is 0 Å². The molecular weight excluding hydrogens is 203 g/mol. The van der Waals surface area contributed by atoms with Crippen molar-refractivity contribution >= 4 is 0 Å². The van der Waals surface area contributed by atoms with Crippen LogP contribution in [0.15, 0.2) is 24.3 Å². The van der Waals surface area contributed by atoms with Crippen molar-refractivity contribution in [1.29, 1.82) is 0 Å². The average Bonchev–Trinajstić information content (AvgIpc) is 2.81. The van der Waals surface area contributed by atoms with E-state index in [4.69, 9.17) is 0 Å². The van der Waals surface area contributed by atoms with Crippen LogP contribution in [0.2, 0.25) is 0 Å². The maximum absolute atomic E-state index is 12.6. The van der Waals surface area contributed by atoms with Gasteiger partial charge in [0.15, 0.2) is 0 Å². The summed E-state index contributed by atoms with van der Waals surface area (Å²) in [5, 5.41) is 0. The SMILES string of the molecule is CC1CC1c1ccccc1C(F)(F)F.N. The van der Waals surface area contributed by atoms with Crippen molar-refractivity contribution in [3.8, 4) is 0 Å². The monoisotopic (exact) mass is 217 g/mol. The number of hydrogen-bond donors (Lipinski definition) is 1. The van der Waals surface area contributed by atoms with Gasteiger partial charge in [0.25, 0.3) is 0 Å². The van der Waals surface area contributed by atoms with E-state index in [9.17, 15) is 13.2 Å². The van der Waals surface area contributed by atoms with E-state index in [-0.39, 0.29) is 12.1 Å². The Balaban J connectivity index is 0.00000112. The topological polar surface area (TPSA) is 35.0 Å². The smallest absolute Gasteiger partial charge is 0.344 e. The summed E-state index contributed by atoms with van der Waals surface area (Å²) in [6, 6.07) is 5.88. The molecule has 1 nitrogen and oxygen atoms in total. The highest BCUT2D eigenvalue weighted by molar-refractivity contribution is 5.36. The first-order valence-electron chi connectivity index (χ1n) is 4.66. The van der Waals surface area contributed by atoms with Crippen LogP contribution < -0.4 is 6.15 Å². The van der Waals surface area contributed by atoms with Crippen LogP contribution in [0, 0.1) is 5.92 Å². The summed E-state index contributed by atoms with van der Waals surface area (Å²) in [7, 11) is 0. The minimum Gasteiger partial charge on any atom is -0.344 e. The molecule has 1 aromatic carbocycles. The van der Waals surface area contributed by atoms with Crippen molar-refractivity contribution < 1.29 is 13.2 Å². The molecule has 0 bridgehead atoms. The molecule has 0 aliphatic heterocycles. The third-order valence-electron chi connectivity index (χ3n) is 2.78. The maximum Gasteiger partial charge on any atom is 0.416 e. The summed E-state index contributed by atoms with van der Waals surface area (Å²) in [6.07, 6.45) is -3.33. The summed E-state index contributed by atoms with van der Waals surface area (Å²) in [5.41, 5.74) is 0.00171. The Kier molecular flexibility index (Phi) is 3.09. The van der Waals surface area contributed by atoms with Gasteiger partial charge in [-0.1, -0.05) is 25.1 Å². The van der Waals surface area contributed by atoms with Gasteiger partial charge < -0.3 is 6.15 Å². The molecule has 1 fully saturated rings. The quantitative estimate of drug-likeness (QED) is 0.758. The van der Waals surface area contributed by atoms with Gasteiger partial charge in [0, 0.05) is 0 Å². The van der Waals surface area contributed by atoms with Crippen LogP contribution in [-0.2, 0) is 6.18 Å². The highest BCUT2D eigenvalue weighted by Gasteiger charge is 2.41. The van der Waals surface area contributed by atoms with Gasteiger partial charge in [-0.15, -0.1) is 0 Å². The number of rotatable bonds is 1. The average molecular weight is 217 g/mol. The molecule has 0 amide bonds. The Bertz CT molecular complexity index is 346. The van der Waals surface area contributed by atoms with Gasteiger partial charge in [-0.2, -0.15) is 13.2 Å². The van der Waals surface area contributed by atoms with Crippen LogP contribution in [-0.4, -0.2) is 0 Å². The van der Waals surface area contributed by atoms with Crippen molar-refractivity contribution in [2.45, 2.75) is 25.4 Å². The van der Waals surface area contributed by atoms with Crippen LogP contribution in [0.4, 0.5) is 13.2 Å². The summed E-state index contributed by atoms with van der Waals surface area (Å²) in [4.78, 5) is 0. The standard InChI is InChI=1S/C11H11F3.H3N/c1-7-6-9(7)8-4-2-3-5-10(8)11(12,13)14;/h2-5,7,9H,6H2,1H3;1H3. The molecule has 2 unspecified atom stereocenters. The van der Waals surface area contributed by atoms with Crippen LogP contribution >= 0.6 is 0 Å². The van der Waals surface area contributed by atoms with E-state index in [1.807, 2.05) is 6.92 Å². The van der Waals surface area contributed by atoms with Gasteiger partial charge in [-0.05, 0) is 29.9 Å². The molecule has 84 valence electrons. The van der Waals surface area contributed by atoms with Gasteiger partial charge in [0.1, 0.15) is 0 Å². The minimum absolute atomic E-state index is 0. The Morgan fingerprint density at radius 1 is 1.20 bits per heavy atom. The first-order valence-corrected chi connectivity index (χ1v) is 4.66. The third kappa shape index (κ3) is 2.31. The van der Waals surface area contributed by atoms with E-state index in [0.29, 0.717) is 11.5 Å². The van der Waals surface area contributed by atoms with Gasteiger partial charge in [0.2, 0.25) is 0 Å². The van der Waals surface area contributed by atoms with E-state index < -0.39 is 11.7 Å². The first-order chi connectivity index (χ1) is 6.50. The zero-order chi connectivity index (χ0) is 10.3. The second kappa shape index (κ2) is 3.85. The second-order valence-corrected chi connectivity index (χ2v) is 3.90. The first kappa shape index (κ1) is 12.0.